The standard InChI is InChI=1S/C24H24N4O2/c1-15-10-11-21(25-12-15)28-17(13-29-3)14-30-23-18(7-5-9-20(23)28)24-26-19-8-4-6-16(2)22(19)27-24/h4-12,17H,13-14H2,1-3H3,(H,26,27)/t17-/m0/s1. The van der Waals surface area contributed by atoms with Gasteiger partial charge in [0.15, 0.2) is 5.75 Å². The van der Waals surface area contributed by atoms with Crippen molar-refractivity contribution in [2.75, 3.05) is 25.2 Å². The maximum absolute atomic E-state index is 6.27. The van der Waals surface area contributed by atoms with E-state index in [0.717, 1.165) is 50.8 Å². The molecule has 0 spiro atoms. The summed E-state index contributed by atoms with van der Waals surface area (Å²) in [5.74, 6) is 2.49. The summed E-state index contributed by atoms with van der Waals surface area (Å²) < 4.78 is 11.7. The normalized spacial score (nSPS) is 15.8. The van der Waals surface area contributed by atoms with Crippen molar-refractivity contribution < 1.29 is 9.47 Å². The Bertz CT molecular complexity index is 1200. The Kier molecular flexibility index (Phi) is 4.64. The topological polar surface area (TPSA) is 63.3 Å². The summed E-state index contributed by atoms with van der Waals surface area (Å²) in [4.78, 5) is 15.2. The summed E-state index contributed by atoms with van der Waals surface area (Å²) in [6.45, 7) is 5.16. The van der Waals surface area contributed by atoms with Crippen LogP contribution in [0.25, 0.3) is 22.4 Å². The Morgan fingerprint density at radius 1 is 1.13 bits per heavy atom. The van der Waals surface area contributed by atoms with E-state index >= 15 is 0 Å². The van der Waals surface area contributed by atoms with Crippen molar-refractivity contribution in [2.24, 2.45) is 0 Å². The second-order valence-corrected chi connectivity index (χ2v) is 7.69. The maximum Gasteiger partial charge on any atom is 0.154 e. The highest BCUT2D eigenvalue weighted by molar-refractivity contribution is 5.86. The molecule has 6 heteroatoms. The zero-order chi connectivity index (χ0) is 20.7. The molecule has 152 valence electrons. The Morgan fingerprint density at radius 3 is 2.77 bits per heavy atom. The second kappa shape index (κ2) is 7.46. The molecule has 4 aromatic rings. The third-order valence-electron chi connectivity index (χ3n) is 5.51. The molecule has 0 bridgehead atoms. The molecule has 5 rings (SSSR count). The van der Waals surface area contributed by atoms with Crippen molar-refractivity contribution in [1.82, 2.24) is 15.0 Å². The van der Waals surface area contributed by atoms with Crippen LogP contribution < -0.4 is 9.64 Å². The average molecular weight is 400 g/mol. The lowest BCUT2D eigenvalue weighted by atomic mass is 10.1. The number of aromatic nitrogens is 3. The largest absolute Gasteiger partial charge is 0.488 e. The Hall–Kier alpha value is -3.38. The van der Waals surface area contributed by atoms with Gasteiger partial charge in [-0.3, -0.25) is 0 Å². The van der Waals surface area contributed by atoms with Crippen LogP contribution in [0.15, 0.2) is 54.7 Å². The summed E-state index contributed by atoms with van der Waals surface area (Å²) in [7, 11) is 1.71. The molecule has 2 aromatic heterocycles. The van der Waals surface area contributed by atoms with Crippen molar-refractivity contribution >= 4 is 22.5 Å². The number of anilines is 2. The Morgan fingerprint density at radius 2 is 2.00 bits per heavy atom. The minimum Gasteiger partial charge on any atom is -0.488 e. The number of aromatic amines is 1. The number of nitrogens with zero attached hydrogens (tertiary/aromatic N) is 3. The van der Waals surface area contributed by atoms with Crippen molar-refractivity contribution in [3.63, 3.8) is 0 Å². The number of aryl methyl sites for hydroxylation is 2. The first-order valence-electron chi connectivity index (χ1n) is 10.1. The number of nitrogens with one attached hydrogen (secondary N) is 1. The zero-order valence-electron chi connectivity index (χ0n) is 17.3. The van der Waals surface area contributed by atoms with Gasteiger partial charge in [-0.25, -0.2) is 9.97 Å². The van der Waals surface area contributed by atoms with Crippen molar-refractivity contribution in [2.45, 2.75) is 19.9 Å². The first-order valence-corrected chi connectivity index (χ1v) is 10.1. The van der Waals surface area contributed by atoms with E-state index in [0.29, 0.717) is 13.2 Å². The Labute approximate surface area is 175 Å². The maximum atomic E-state index is 6.27. The first-order chi connectivity index (χ1) is 14.7. The van der Waals surface area contributed by atoms with Gasteiger partial charge in [0.25, 0.3) is 0 Å². The highest BCUT2D eigenvalue weighted by atomic mass is 16.5. The number of ether oxygens (including phenoxy) is 2. The minimum absolute atomic E-state index is 0.0332. The average Bonchev–Trinajstić information content (AvgIpc) is 3.20. The van der Waals surface area contributed by atoms with E-state index in [1.54, 1.807) is 7.11 Å². The van der Waals surface area contributed by atoms with Crippen molar-refractivity contribution in [3.05, 3.63) is 65.9 Å². The molecule has 0 radical (unpaired) electrons. The number of hydrogen-bond acceptors (Lipinski definition) is 5. The van der Waals surface area contributed by atoms with Gasteiger partial charge in [-0.2, -0.15) is 0 Å². The van der Waals surface area contributed by atoms with Gasteiger partial charge in [-0.05, 0) is 49.2 Å². The number of fused-ring (bicyclic) bond motifs is 2. The third kappa shape index (κ3) is 3.09. The molecule has 1 aliphatic rings. The lowest BCUT2D eigenvalue weighted by molar-refractivity contribution is 0.146. The number of H-pyrrole nitrogens is 1. The molecule has 2 aromatic carbocycles. The Balaban J connectivity index is 1.65. The summed E-state index contributed by atoms with van der Waals surface area (Å²) in [5, 5.41) is 0. The van der Waals surface area contributed by atoms with Gasteiger partial charge in [-0.1, -0.05) is 24.3 Å². The highest BCUT2D eigenvalue weighted by Crippen LogP contribution is 2.44. The number of rotatable bonds is 4. The minimum atomic E-state index is 0.0332. The van der Waals surface area contributed by atoms with Crippen LogP contribution in [0.1, 0.15) is 11.1 Å². The molecule has 0 saturated carbocycles. The molecule has 1 atom stereocenters. The third-order valence-corrected chi connectivity index (χ3v) is 5.51. The zero-order valence-corrected chi connectivity index (χ0v) is 17.3. The number of methoxy groups -OCH3 is 1. The first kappa shape index (κ1) is 18.6. The van der Waals surface area contributed by atoms with Crippen molar-refractivity contribution in [3.8, 4) is 17.1 Å². The van der Waals surface area contributed by atoms with Crippen LogP contribution in [0.2, 0.25) is 0 Å². The van der Waals surface area contributed by atoms with Gasteiger partial charge in [0, 0.05) is 13.3 Å². The lowest BCUT2D eigenvalue weighted by Crippen LogP contribution is -2.43. The van der Waals surface area contributed by atoms with Gasteiger partial charge in [0.2, 0.25) is 0 Å². The lowest BCUT2D eigenvalue weighted by Gasteiger charge is -2.38. The monoisotopic (exact) mass is 400 g/mol. The molecular formula is C24H24N4O2. The predicted octanol–water partition coefficient (Wildman–Crippen LogP) is 4.79. The number of benzene rings is 2. The van der Waals surface area contributed by atoms with Crippen LogP contribution in [0.3, 0.4) is 0 Å². The molecule has 1 N–H and O–H groups in total. The number of imidazole rings is 1. The number of pyridine rings is 1. The van der Waals surface area contributed by atoms with Crippen LogP contribution >= 0.6 is 0 Å². The molecular weight excluding hydrogens is 376 g/mol. The van der Waals surface area contributed by atoms with E-state index in [1.807, 2.05) is 43.5 Å². The molecule has 3 heterocycles. The van der Waals surface area contributed by atoms with Gasteiger partial charge in [-0.15, -0.1) is 0 Å². The molecule has 0 fully saturated rings. The fourth-order valence-corrected chi connectivity index (χ4v) is 4.03. The molecule has 6 nitrogen and oxygen atoms in total. The van der Waals surface area contributed by atoms with E-state index in [9.17, 15) is 0 Å². The summed E-state index contributed by atoms with van der Waals surface area (Å²) in [6, 6.07) is 16.5. The molecule has 30 heavy (non-hydrogen) atoms. The number of para-hydroxylation sites is 2. The van der Waals surface area contributed by atoms with Crippen LogP contribution in [-0.4, -0.2) is 41.3 Å². The molecule has 0 saturated heterocycles. The van der Waals surface area contributed by atoms with Gasteiger partial charge < -0.3 is 19.4 Å². The van der Waals surface area contributed by atoms with Crippen LogP contribution in [-0.2, 0) is 4.74 Å². The van der Waals surface area contributed by atoms with E-state index in [2.05, 4.69) is 40.0 Å². The predicted molar refractivity (Wildman–Crippen MR) is 119 cm³/mol. The van der Waals surface area contributed by atoms with Gasteiger partial charge in [0.1, 0.15) is 18.2 Å². The second-order valence-electron chi connectivity index (χ2n) is 7.69. The summed E-state index contributed by atoms with van der Waals surface area (Å²) in [6.07, 6.45) is 1.89. The van der Waals surface area contributed by atoms with E-state index in [-0.39, 0.29) is 6.04 Å². The molecule has 1 aliphatic heterocycles. The SMILES string of the molecule is COC[C@H]1COc2c(-c3nc4c(C)cccc4[nH]3)cccc2N1c1ccc(C)cn1. The molecule has 0 unspecified atom stereocenters. The van der Waals surface area contributed by atoms with Crippen LogP contribution in [0, 0.1) is 13.8 Å². The van der Waals surface area contributed by atoms with Gasteiger partial charge in [0.05, 0.1) is 34.9 Å². The molecule has 0 amide bonds. The van der Waals surface area contributed by atoms with E-state index < -0.39 is 0 Å². The quantitative estimate of drug-likeness (QED) is 0.534. The van der Waals surface area contributed by atoms with E-state index in [4.69, 9.17) is 14.5 Å². The fourth-order valence-electron chi connectivity index (χ4n) is 4.03. The summed E-state index contributed by atoms with van der Waals surface area (Å²) >= 11 is 0. The van der Waals surface area contributed by atoms with Crippen LogP contribution in [0.4, 0.5) is 11.5 Å². The van der Waals surface area contributed by atoms with Gasteiger partial charge >= 0.3 is 0 Å². The van der Waals surface area contributed by atoms with E-state index in [1.165, 1.54) is 0 Å². The number of hydrogen-bond donors (Lipinski definition) is 1. The molecule has 0 aliphatic carbocycles. The highest BCUT2D eigenvalue weighted by Gasteiger charge is 2.32. The smallest absolute Gasteiger partial charge is 0.154 e. The summed E-state index contributed by atoms with van der Waals surface area (Å²) in [5.41, 5.74) is 6.18. The van der Waals surface area contributed by atoms with Crippen LogP contribution in [0.5, 0.6) is 5.75 Å². The fraction of sp³-hybridized carbons (Fsp3) is 0.250. The van der Waals surface area contributed by atoms with Crippen molar-refractivity contribution in [1.29, 1.82) is 0 Å².